The van der Waals surface area contributed by atoms with Crippen LogP contribution in [0, 0.1) is 0 Å². The van der Waals surface area contributed by atoms with E-state index in [1.54, 1.807) is 0 Å². The maximum absolute atomic E-state index is 3.52. The number of rotatable bonds is 2. The fourth-order valence-electron chi connectivity index (χ4n) is 0.890. The predicted octanol–water partition coefficient (Wildman–Crippen LogP) is 0.769. The van der Waals surface area contributed by atoms with E-state index >= 15 is 0 Å². The van der Waals surface area contributed by atoms with Gasteiger partial charge in [-0.1, -0.05) is 16.9 Å². The Morgan fingerprint density at radius 3 is 2.90 bits per heavy atom. The lowest BCUT2D eigenvalue weighted by molar-refractivity contribution is 0.592. The van der Waals surface area contributed by atoms with Crippen LogP contribution in [0.1, 0.15) is 0 Å². The maximum Gasteiger partial charge on any atom is 0.0751 e. The van der Waals surface area contributed by atoms with Crippen LogP contribution in [0.3, 0.4) is 0 Å². The molecule has 1 aliphatic rings. The van der Waals surface area contributed by atoms with Gasteiger partial charge in [0.1, 0.15) is 0 Å². The van der Waals surface area contributed by atoms with Crippen molar-refractivity contribution in [3.63, 3.8) is 0 Å². The minimum atomic E-state index is 0.316. The lowest BCUT2D eigenvalue weighted by atomic mass is 10.7. The fraction of sp³-hybridized carbons (Fsp3) is 1.00. The van der Waals surface area contributed by atoms with Gasteiger partial charge in [-0.25, -0.2) is 0 Å². The first-order valence-electron chi connectivity index (χ1n) is 3.15. The van der Waals surface area contributed by atoms with Gasteiger partial charge in [-0.15, -0.1) is 18.2 Å². The molecule has 6 heteroatoms. The van der Waals surface area contributed by atoms with Gasteiger partial charge in [0.2, 0.25) is 0 Å². The van der Waals surface area contributed by atoms with Crippen LogP contribution in [0.25, 0.3) is 0 Å². The molecule has 0 aromatic carbocycles. The Morgan fingerprint density at radius 1 is 1.90 bits per heavy atom. The second kappa shape index (κ2) is 4.04. The van der Waals surface area contributed by atoms with Gasteiger partial charge < -0.3 is 5.32 Å². The number of hydrogen-bond acceptors (Lipinski definition) is 2. The lowest BCUT2D eigenvalue weighted by Gasteiger charge is -2.22. The van der Waals surface area contributed by atoms with Crippen molar-refractivity contribution in [1.82, 2.24) is 10.6 Å². The third kappa shape index (κ3) is 2.31. The van der Waals surface area contributed by atoms with E-state index in [4.69, 9.17) is 0 Å². The molecule has 1 heterocycles. The van der Waals surface area contributed by atoms with E-state index in [-0.39, 0.29) is 0 Å². The second-order valence-corrected chi connectivity index (χ2v) is 7.31. The Hall–Kier alpha value is 1.64. The monoisotopic (exact) mass is 214 g/mol. The van der Waals surface area contributed by atoms with Crippen LogP contribution in [-0.2, 0) is 0 Å². The lowest BCUT2D eigenvalue weighted by Crippen LogP contribution is -2.40. The molecule has 0 aromatic rings. The predicted molar refractivity (Wildman–Crippen MR) is 59.6 cm³/mol. The Kier molecular flexibility index (Phi) is 3.93. The van der Waals surface area contributed by atoms with Crippen LogP contribution >= 0.6 is 35.0 Å². The highest BCUT2D eigenvalue weighted by molar-refractivity contribution is 8.05. The van der Waals surface area contributed by atoms with Gasteiger partial charge in [0.05, 0.1) is 10.9 Å². The molecule has 2 N–H and O–H groups in total. The quantitative estimate of drug-likeness (QED) is 0.663. The molecule has 0 aromatic heterocycles. The summed E-state index contributed by atoms with van der Waals surface area (Å²) in [6.45, 7) is 0. The fourth-order valence-corrected chi connectivity index (χ4v) is 5.02. The van der Waals surface area contributed by atoms with Crippen LogP contribution in [-0.4, -0.2) is 24.1 Å². The summed E-state index contributed by atoms with van der Waals surface area (Å²) in [4.78, 5) is 0. The Morgan fingerprint density at radius 2 is 2.60 bits per heavy atom. The molecular weight excluding hydrogens is 200 g/mol. The molecule has 2 nitrogen and oxygen atoms in total. The third-order valence-electron chi connectivity index (χ3n) is 1.53. The zero-order valence-corrected chi connectivity index (χ0v) is 10.2. The molecular formula is C4H14N2P4. The van der Waals surface area contributed by atoms with Crippen LogP contribution in [0.15, 0.2) is 0 Å². The maximum atomic E-state index is 3.52. The molecule has 5 unspecified atom stereocenters. The van der Waals surface area contributed by atoms with Crippen LogP contribution in [0.5, 0.6) is 0 Å². The van der Waals surface area contributed by atoms with E-state index < -0.39 is 0 Å². The molecule has 1 aliphatic heterocycles. The van der Waals surface area contributed by atoms with Gasteiger partial charge in [0.25, 0.3) is 0 Å². The molecule has 0 spiro atoms. The van der Waals surface area contributed by atoms with Crippen molar-refractivity contribution in [2.75, 3.05) is 13.2 Å². The van der Waals surface area contributed by atoms with Crippen molar-refractivity contribution in [2.45, 2.75) is 10.9 Å². The van der Waals surface area contributed by atoms with E-state index in [1.807, 2.05) is 7.05 Å². The normalized spacial score (nSPS) is 44.1. The van der Waals surface area contributed by atoms with E-state index in [9.17, 15) is 0 Å². The largest absolute Gasteiger partial charge is 0.302 e. The highest BCUT2D eigenvalue weighted by Gasteiger charge is 2.31. The van der Waals surface area contributed by atoms with Gasteiger partial charge in [-0.3, -0.25) is 5.32 Å². The molecule has 60 valence electrons. The summed E-state index contributed by atoms with van der Waals surface area (Å²) in [6, 6.07) is 0. The van der Waals surface area contributed by atoms with Crippen LogP contribution < -0.4 is 10.6 Å². The minimum absolute atomic E-state index is 0.316. The van der Waals surface area contributed by atoms with Gasteiger partial charge in [-0.2, -0.15) is 0 Å². The summed E-state index contributed by atoms with van der Waals surface area (Å²) in [5.41, 5.74) is 0. The highest BCUT2D eigenvalue weighted by atomic mass is 32.0. The molecule has 0 saturated carbocycles. The smallest absolute Gasteiger partial charge is 0.0751 e. The molecule has 0 radical (unpaired) electrons. The summed E-state index contributed by atoms with van der Waals surface area (Å²) in [7, 11) is 9.62. The average molecular weight is 214 g/mol. The Bertz CT molecular complexity index is 122. The highest BCUT2D eigenvalue weighted by Crippen LogP contribution is 2.49. The van der Waals surface area contributed by atoms with Crippen molar-refractivity contribution in [3.05, 3.63) is 0 Å². The molecule has 1 rings (SSSR count). The molecule has 0 bridgehead atoms. The Labute approximate surface area is 70.3 Å². The molecule has 1 saturated heterocycles. The zero-order chi connectivity index (χ0) is 7.61. The standard InChI is InChI=1S/C4H14N2P4/c1-5-3-6-4(7,10-8)2-9-3/h3,5-6,9-10H,2,7-8H2,1H3/t3?,4-/m0/s1. The Balaban J connectivity index is 2.41. The van der Waals surface area contributed by atoms with E-state index in [1.165, 1.54) is 6.16 Å². The number of nitrogens with one attached hydrogen (secondary N) is 2. The molecule has 1 fully saturated rings. The zero-order valence-electron chi connectivity index (χ0n) is 5.94. The summed E-state index contributed by atoms with van der Waals surface area (Å²) < 4.78 is 0. The van der Waals surface area contributed by atoms with Crippen molar-refractivity contribution in [3.8, 4) is 0 Å². The summed E-state index contributed by atoms with van der Waals surface area (Å²) in [5.74, 6) is 0.547. The van der Waals surface area contributed by atoms with Gasteiger partial charge >= 0.3 is 0 Å². The van der Waals surface area contributed by atoms with Crippen molar-refractivity contribution >= 4 is 35.0 Å². The van der Waals surface area contributed by atoms with Gasteiger partial charge in [0, 0.05) is 0 Å². The first kappa shape index (κ1) is 9.73. The minimum Gasteiger partial charge on any atom is -0.302 e. The van der Waals surface area contributed by atoms with Crippen molar-refractivity contribution in [1.29, 1.82) is 0 Å². The molecule has 0 aliphatic carbocycles. The number of hydrogen-bond donors (Lipinski definition) is 2. The summed E-state index contributed by atoms with van der Waals surface area (Å²) >= 11 is 0. The van der Waals surface area contributed by atoms with Gasteiger partial charge in [-0.05, 0) is 13.2 Å². The average Bonchev–Trinajstić information content (AvgIpc) is 2.33. The molecule has 6 atom stereocenters. The third-order valence-corrected chi connectivity index (χ3v) is 8.15. The summed E-state index contributed by atoms with van der Waals surface area (Å²) in [5, 5.41) is 7.08. The van der Waals surface area contributed by atoms with E-state index in [0.29, 0.717) is 10.9 Å². The second-order valence-electron chi connectivity index (χ2n) is 2.36. The van der Waals surface area contributed by atoms with Gasteiger partial charge in [0.15, 0.2) is 0 Å². The molecule has 0 amide bonds. The van der Waals surface area contributed by atoms with Crippen LogP contribution in [0.2, 0.25) is 0 Å². The van der Waals surface area contributed by atoms with E-state index in [0.717, 1.165) is 16.9 Å². The van der Waals surface area contributed by atoms with E-state index in [2.05, 4.69) is 28.8 Å². The topological polar surface area (TPSA) is 24.1 Å². The van der Waals surface area contributed by atoms with Crippen molar-refractivity contribution < 1.29 is 0 Å². The van der Waals surface area contributed by atoms with Crippen molar-refractivity contribution in [2.24, 2.45) is 0 Å². The summed E-state index contributed by atoms with van der Waals surface area (Å²) in [6.07, 6.45) is 1.28. The SMILES string of the molecule is CNC1N[C@@](P)(PP)CP1. The first-order valence-corrected chi connectivity index (χ1v) is 7.82. The van der Waals surface area contributed by atoms with Crippen LogP contribution in [0.4, 0.5) is 0 Å². The first-order chi connectivity index (χ1) is 4.70. The molecule has 10 heavy (non-hydrogen) atoms.